The molecule has 0 aromatic heterocycles. The summed E-state index contributed by atoms with van der Waals surface area (Å²) < 4.78 is 1.02. The number of ketones is 1. The molecule has 1 aliphatic rings. The van der Waals surface area contributed by atoms with Gasteiger partial charge in [0.1, 0.15) is 5.78 Å². The first-order chi connectivity index (χ1) is 8.65. The average molecular weight is 312 g/mol. The van der Waals surface area contributed by atoms with Crippen molar-refractivity contribution in [1.29, 1.82) is 0 Å². The number of carbonyl (C=O) groups excluding carboxylic acids is 1. The van der Waals surface area contributed by atoms with Gasteiger partial charge in [0.2, 0.25) is 0 Å². The van der Waals surface area contributed by atoms with Crippen LogP contribution in [-0.2, 0) is 4.79 Å². The summed E-state index contributed by atoms with van der Waals surface area (Å²) in [6, 6.07) is 7.76. The maximum atomic E-state index is 11.1. The predicted molar refractivity (Wildman–Crippen MR) is 74.4 cm³/mol. The summed E-state index contributed by atoms with van der Waals surface area (Å²) in [6.07, 6.45) is 1.62. The summed E-state index contributed by atoms with van der Waals surface area (Å²) in [4.78, 5) is 13.4. The fraction of sp³-hybridized carbons (Fsp3) is 0.500. The van der Waals surface area contributed by atoms with E-state index in [2.05, 4.69) is 20.8 Å². The minimum absolute atomic E-state index is 0.361. The molecule has 3 nitrogen and oxygen atoms in total. The molecule has 0 aliphatic carbocycles. The van der Waals surface area contributed by atoms with Crippen molar-refractivity contribution >= 4 is 21.7 Å². The first-order valence-corrected chi connectivity index (χ1v) is 7.12. The van der Waals surface area contributed by atoms with Crippen LogP contribution in [0.15, 0.2) is 28.7 Å². The first-order valence-electron chi connectivity index (χ1n) is 6.33. The highest BCUT2D eigenvalue weighted by molar-refractivity contribution is 9.10. The van der Waals surface area contributed by atoms with Crippen LogP contribution in [-0.4, -0.2) is 35.4 Å². The van der Waals surface area contributed by atoms with Crippen molar-refractivity contribution in [2.75, 3.05) is 19.6 Å². The number of aliphatic hydroxyl groups excluding tert-OH is 1. The van der Waals surface area contributed by atoms with Gasteiger partial charge in [-0.25, -0.2) is 0 Å². The fourth-order valence-electron chi connectivity index (χ4n) is 2.18. The molecule has 0 radical (unpaired) electrons. The maximum Gasteiger partial charge on any atom is 0.135 e. The molecule has 0 saturated carbocycles. The monoisotopic (exact) mass is 311 g/mol. The highest BCUT2D eigenvalue weighted by atomic mass is 79.9. The third-order valence-corrected chi connectivity index (χ3v) is 3.92. The Morgan fingerprint density at radius 3 is 2.44 bits per heavy atom. The van der Waals surface area contributed by atoms with E-state index in [9.17, 15) is 9.90 Å². The number of aliphatic hydroxyl groups is 1. The van der Waals surface area contributed by atoms with Gasteiger partial charge in [-0.05, 0) is 24.1 Å². The molecule has 1 aromatic carbocycles. The molecule has 1 heterocycles. The fourth-order valence-corrected chi connectivity index (χ4v) is 2.45. The van der Waals surface area contributed by atoms with Crippen LogP contribution in [0.1, 0.15) is 30.9 Å². The van der Waals surface area contributed by atoms with E-state index in [1.165, 1.54) is 0 Å². The van der Waals surface area contributed by atoms with Crippen molar-refractivity contribution in [2.45, 2.75) is 25.4 Å². The van der Waals surface area contributed by atoms with E-state index in [0.29, 0.717) is 18.6 Å². The summed E-state index contributed by atoms with van der Waals surface area (Å²) in [5, 5.41) is 10.1. The highest BCUT2D eigenvalue weighted by Gasteiger charge is 2.17. The molecule has 1 saturated heterocycles. The van der Waals surface area contributed by atoms with E-state index in [0.717, 1.165) is 36.1 Å². The van der Waals surface area contributed by atoms with Crippen LogP contribution in [0.2, 0.25) is 0 Å². The van der Waals surface area contributed by atoms with Crippen LogP contribution in [0.25, 0.3) is 0 Å². The number of carbonyl (C=O) groups is 1. The zero-order valence-corrected chi connectivity index (χ0v) is 11.9. The van der Waals surface area contributed by atoms with E-state index in [-0.39, 0.29) is 0 Å². The van der Waals surface area contributed by atoms with Gasteiger partial charge in [-0.15, -0.1) is 0 Å². The number of benzene rings is 1. The lowest BCUT2D eigenvalue weighted by atomic mass is 10.1. The van der Waals surface area contributed by atoms with Crippen LogP contribution in [0.3, 0.4) is 0 Å². The van der Waals surface area contributed by atoms with E-state index >= 15 is 0 Å². The Bertz CT molecular complexity index is 395. The normalized spacial score (nSPS) is 18.9. The number of Topliss-reactive ketones (excluding diaryl/α,β-unsaturated/α-hetero) is 1. The lowest BCUT2D eigenvalue weighted by molar-refractivity contribution is -0.121. The van der Waals surface area contributed by atoms with E-state index in [1.807, 2.05) is 24.3 Å². The molecule has 18 heavy (non-hydrogen) atoms. The van der Waals surface area contributed by atoms with E-state index in [1.54, 1.807) is 0 Å². The number of hydrogen-bond acceptors (Lipinski definition) is 3. The summed E-state index contributed by atoms with van der Waals surface area (Å²) in [5.41, 5.74) is 0.950. The quantitative estimate of drug-likeness (QED) is 0.929. The second kappa shape index (κ2) is 6.45. The molecule has 4 heteroatoms. The van der Waals surface area contributed by atoms with Crippen LogP contribution in [0.4, 0.5) is 0 Å². The van der Waals surface area contributed by atoms with Gasteiger partial charge >= 0.3 is 0 Å². The SMILES string of the molecule is O=C1CCN(CCC(O)c2ccc(Br)cc2)CC1. The minimum atomic E-state index is -0.421. The number of nitrogens with zero attached hydrogens (tertiary/aromatic N) is 1. The van der Waals surface area contributed by atoms with Crippen molar-refractivity contribution < 1.29 is 9.90 Å². The topological polar surface area (TPSA) is 40.5 Å². The lowest BCUT2D eigenvalue weighted by Crippen LogP contribution is -2.35. The predicted octanol–water partition coefficient (Wildman–Crippen LogP) is 2.54. The summed E-state index contributed by atoms with van der Waals surface area (Å²) in [5.74, 6) is 0.361. The molecule has 1 unspecified atom stereocenters. The number of piperidine rings is 1. The Balaban J connectivity index is 1.79. The molecule has 2 rings (SSSR count). The van der Waals surface area contributed by atoms with Gasteiger partial charge in [-0.2, -0.15) is 0 Å². The molecular formula is C14H18BrNO2. The Labute approximate surface area is 116 Å². The third kappa shape index (κ3) is 3.90. The van der Waals surface area contributed by atoms with Crippen molar-refractivity contribution in [2.24, 2.45) is 0 Å². The van der Waals surface area contributed by atoms with Gasteiger partial charge in [0, 0.05) is 36.9 Å². The number of rotatable bonds is 4. The first kappa shape index (κ1) is 13.7. The van der Waals surface area contributed by atoms with Gasteiger partial charge in [-0.1, -0.05) is 28.1 Å². The number of halogens is 1. The number of hydrogen-bond donors (Lipinski definition) is 1. The molecular weight excluding hydrogens is 294 g/mol. The summed E-state index contributed by atoms with van der Waals surface area (Å²) in [6.45, 7) is 2.53. The molecule has 98 valence electrons. The second-order valence-electron chi connectivity index (χ2n) is 4.74. The average Bonchev–Trinajstić information content (AvgIpc) is 2.38. The summed E-state index contributed by atoms with van der Waals surface area (Å²) >= 11 is 3.38. The van der Waals surface area contributed by atoms with Crippen molar-refractivity contribution in [3.05, 3.63) is 34.3 Å². The second-order valence-corrected chi connectivity index (χ2v) is 5.65. The molecule has 1 aromatic rings. The lowest BCUT2D eigenvalue weighted by Gasteiger charge is -2.26. The Morgan fingerprint density at radius 1 is 1.22 bits per heavy atom. The third-order valence-electron chi connectivity index (χ3n) is 3.39. The van der Waals surface area contributed by atoms with Gasteiger partial charge in [0.05, 0.1) is 6.10 Å². The molecule has 1 atom stereocenters. The van der Waals surface area contributed by atoms with Crippen molar-refractivity contribution in [1.82, 2.24) is 4.90 Å². The van der Waals surface area contributed by atoms with Gasteiger partial charge in [-0.3, -0.25) is 4.79 Å². The zero-order valence-electron chi connectivity index (χ0n) is 10.3. The molecule has 0 bridgehead atoms. The maximum absolute atomic E-state index is 11.1. The van der Waals surface area contributed by atoms with E-state index < -0.39 is 6.10 Å². The van der Waals surface area contributed by atoms with Crippen molar-refractivity contribution in [3.8, 4) is 0 Å². The van der Waals surface area contributed by atoms with Crippen molar-refractivity contribution in [3.63, 3.8) is 0 Å². The smallest absolute Gasteiger partial charge is 0.135 e. The minimum Gasteiger partial charge on any atom is -0.388 e. The van der Waals surface area contributed by atoms with Gasteiger partial charge < -0.3 is 10.0 Å². The van der Waals surface area contributed by atoms with Crippen LogP contribution in [0.5, 0.6) is 0 Å². The van der Waals surface area contributed by atoms with Gasteiger partial charge in [0.25, 0.3) is 0 Å². The summed E-state index contributed by atoms with van der Waals surface area (Å²) in [7, 11) is 0. The Morgan fingerprint density at radius 2 is 1.83 bits per heavy atom. The van der Waals surface area contributed by atoms with Crippen LogP contribution < -0.4 is 0 Å². The zero-order chi connectivity index (χ0) is 13.0. The standard InChI is InChI=1S/C14H18BrNO2/c15-12-3-1-11(2-4-12)14(18)7-10-16-8-5-13(17)6-9-16/h1-4,14,18H,5-10H2. The van der Waals surface area contributed by atoms with Crippen LogP contribution >= 0.6 is 15.9 Å². The number of likely N-dealkylation sites (tertiary alicyclic amines) is 1. The Kier molecular flexibility index (Phi) is 4.92. The Hall–Kier alpha value is -0.710. The molecule has 1 N–H and O–H groups in total. The van der Waals surface area contributed by atoms with E-state index in [4.69, 9.17) is 0 Å². The molecule has 0 spiro atoms. The molecule has 1 aliphatic heterocycles. The molecule has 0 amide bonds. The largest absolute Gasteiger partial charge is 0.388 e. The van der Waals surface area contributed by atoms with Crippen LogP contribution in [0, 0.1) is 0 Å². The molecule has 1 fully saturated rings. The van der Waals surface area contributed by atoms with Gasteiger partial charge in [0.15, 0.2) is 0 Å². The highest BCUT2D eigenvalue weighted by Crippen LogP contribution is 2.20.